The zero-order chi connectivity index (χ0) is 38.8. The van der Waals surface area contributed by atoms with Crippen molar-refractivity contribution in [3.8, 4) is 39.1 Å². The van der Waals surface area contributed by atoms with Gasteiger partial charge in [-0.2, -0.15) is 0 Å². The van der Waals surface area contributed by atoms with Crippen molar-refractivity contribution in [1.82, 2.24) is 8.97 Å². The van der Waals surface area contributed by atoms with Crippen LogP contribution in [-0.4, -0.2) is 8.97 Å². The molecule has 0 atom stereocenters. The average Bonchev–Trinajstić information content (AvgIpc) is 3.77. The van der Waals surface area contributed by atoms with Crippen LogP contribution in [0.3, 0.4) is 0 Å². The first-order chi connectivity index (χ1) is 28.2. The van der Waals surface area contributed by atoms with E-state index in [1.54, 1.807) is 0 Å². The minimum atomic E-state index is -0.359. The van der Waals surface area contributed by atoms with E-state index in [0.717, 1.165) is 5.22 Å². The van der Waals surface area contributed by atoms with Crippen LogP contribution in [0.2, 0.25) is 0 Å². The Kier molecular flexibility index (Phi) is 5.96. The highest BCUT2D eigenvalue weighted by Gasteiger charge is 2.47. The summed E-state index contributed by atoms with van der Waals surface area (Å²) in [5.41, 5.74) is 20.0. The van der Waals surface area contributed by atoms with Crippen molar-refractivity contribution in [2.75, 3.05) is 0 Å². The Bertz CT molecular complexity index is 3630. The van der Waals surface area contributed by atoms with Crippen LogP contribution in [0.5, 0.6) is 0 Å². The predicted octanol–water partition coefficient (Wildman–Crippen LogP) is 13.9. The van der Waals surface area contributed by atoms with Gasteiger partial charge in [0, 0.05) is 43.1 Å². The van der Waals surface area contributed by atoms with Gasteiger partial charge >= 0.3 is 0 Å². The van der Waals surface area contributed by atoms with Crippen molar-refractivity contribution >= 4 is 66.5 Å². The fourth-order valence-electron chi connectivity index (χ4n) is 11.4. The number of para-hydroxylation sites is 1. The maximum Gasteiger partial charge on any atom is 0.0627 e. The van der Waals surface area contributed by atoms with E-state index in [2.05, 4.69) is 194 Å². The number of benzene rings is 8. The first kappa shape index (κ1) is 32.2. The zero-order valence-electron chi connectivity index (χ0n) is 33.1. The largest absolute Gasteiger partial charge is 0.308 e. The van der Waals surface area contributed by atoms with Gasteiger partial charge < -0.3 is 8.97 Å². The van der Waals surface area contributed by atoms with E-state index in [4.69, 9.17) is 6.58 Å². The summed E-state index contributed by atoms with van der Waals surface area (Å²) in [6, 6.07) is 58.8. The Morgan fingerprint density at radius 3 is 1.43 bits per heavy atom. The fourth-order valence-corrected chi connectivity index (χ4v) is 11.4. The summed E-state index contributed by atoms with van der Waals surface area (Å²) in [4.78, 5) is 0. The molecule has 0 N–H and O–H groups in total. The summed E-state index contributed by atoms with van der Waals surface area (Å²) in [5, 5.41) is 8.85. The van der Waals surface area contributed by atoms with E-state index < -0.39 is 0 Å². The minimum Gasteiger partial charge on any atom is -0.308 e. The van der Waals surface area contributed by atoms with Crippen molar-refractivity contribution in [3.05, 3.63) is 185 Å². The van der Waals surface area contributed by atoms with Crippen molar-refractivity contribution in [3.63, 3.8) is 0 Å². The molecule has 0 spiro atoms. The van der Waals surface area contributed by atoms with Crippen LogP contribution in [0.4, 0.5) is 0 Å². The molecule has 0 saturated heterocycles. The molecular formula is C56H40N2. The molecule has 11 aromatic rings. The third-order valence-corrected chi connectivity index (χ3v) is 14.0. The summed E-state index contributed by atoms with van der Waals surface area (Å²) < 4.78 is 5.28. The molecule has 2 nitrogen and oxygen atoms in total. The molecule has 274 valence electrons. The molecule has 58 heavy (non-hydrogen) atoms. The van der Waals surface area contributed by atoms with Crippen LogP contribution >= 0.6 is 0 Å². The van der Waals surface area contributed by atoms with E-state index in [1.807, 2.05) is 0 Å². The number of hydrogen-bond acceptors (Lipinski definition) is 0. The Labute approximate surface area is 336 Å². The molecule has 0 aliphatic carbocycles. The molecule has 8 aromatic carbocycles. The first-order valence-electron chi connectivity index (χ1n) is 20.6. The van der Waals surface area contributed by atoms with Gasteiger partial charge in [0.2, 0.25) is 0 Å². The van der Waals surface area contributed by atoms with Crippen LogP contribution in [0, 0.1) is 0 Å². The zero-order valence-corrected chi connectivity index (χ0v) is 33.1. The quantitative estimate of drug-likeness (QED) is 0.160. The molecule has 0 saturated carbocycles. The molecule has 0 unspecified atom stereocenters. The minimum absolute atomic E-state index is 0.355. The third kappa shape index (κ3) is 3.79. The highest BCUT2D eigenvalue weighted by Crippen LogP contribution is 2.60. The highest BCUT2D eigenvalue weighted by atomic mass is 15.0. The second-order valence-electron chi connectivity index (χ2n) is 17.8. The van der Waals surface area contributed by atoms with Crippen LogP contribution in [0.25, 0.3) is 106 Å². The van der Waals surface area contributed by atoms with Gasteiger partial charge in [-0.05, 0) is 103 Å². The van der Waals surface area contributed by atoms with Crippen LogP contribution < -0.4 is 5.22 Å². The second kappa shape index (κ2) is 10.7. The molecule has 13 rings (SSSR count). The number of nitrogens with zero attached hydrogens (tertiary/aromatic N) is 2. The van der Waals surface area contributed by atoms with Gasteiger partial charge in [0.25, 0.3) is 0 Å². The van der Waals surface area contributed by atoms with Crippen LogP contribution in [0.15, 0.2) is 158 Å². The van der Waals surface area contributed by atoms with Gasteiger partial charge in [0.05, 0.1) is 33.3 Å². The average molecular weight is 741 g/mol. The molecule has 2 heteroatoms. The normalized spacial score (nSPS) is 14.9. The number of rotatable bonds is 3. The van der Waals surface area contributed by atoms with Crippen molar-refractivity contribution in [1.29, 1.82) is 0 Å². The number of hydrogen-bond donors (Lipinski definition) is 0. The lowest BCUT2D eigenvalue weighted by atomic mass is 9.66. The van der Waals surface area contributed by atoms with Gasteiger partial charge in [0.15, 0.2) is 0 Å². The Balaban J connectivity index is 1.33. The summed E-state index contributed by atoms with van der Waals surface area (Å²) in [7, 11) is 0. The Morgan fingerprint density at radius 1 is 0.397 bits per heavy atom. The van der Waals surface area contributed by atoms with Crippen LogP contribution in [-0.2, 0) is 10.8 Å². The molecule has 0 fully saturated rings. The lowest BCUT2D eigenvalue weighted by Gasteiger charge is -2.43. The second-order valence-corrected chi connectivity index (χ2v) is 17.8. The summed E-state index contributed by atoms with van der Waals surface area (Å²) in [5.74, 6) is 0. The number of pyridine rings is 1. The topological polar surface area (TPSA) is 9.34 Å². The van der Waals surface area contributed by atoms with Crippen molar-refractivity contribution in [2.24, 2.45) is 0 Å². The van der Waals surface area contributed by atoms with E-state index in [0.29, 0.717) is 0 Å². The van der Waals surface area contributed by atoms with Crippen LogP contribution in [0.1, 0.15) is 49.9 Å². The van der Waals surface area contributed by atoms with E-state index in [1.165, 1.54) is 121 Å². The lowest BCUT2D eigenvalue weighted by molar-refractivity contribution is 0.602. The maximum atomic E-state index is 5.01. The molecule has 5 heterocycles. The van der Waals surface area contributed by atoms with E-state index in [9.17, 15) is 0 Å². The lowest BCUT2D eigenvalue weighted by Crippen LogP contribution is -2.35. The number of aromatic nitrogens is 2. The molecular weight excluding hydrogens is 701 g/mol. The monoisotopic (exact) mass is 740 g/mol. The van der Waals surface area contributed by atoms with E-state index >= 15 is 0 Å². The van der Waals surface area contributed by atoms with Crippen molar-refractivity contribution in [2.45, 2.75) is 38.5 Å². The van der Waals surface area contributed by atoms with E-state index in [-0.39, 0.29) is 10.8 Å². The smallest absolute Gasteiger partial charge is 0.0627 e. The first-order valence-corrected chi connectivity index (χ1v) is 20.6. The fraction of sp³-hybridized carbons (Fsp3) is 0.107. The standard InChI is InChI=1S/C56H40N2/c1-32-39-23-15-16-24-45(39)57-46-26-25-36(33-17-9-6-10-18-33)27-42(46)48-50-54-49(47(32)53(48)57)55(2,3)43-30-37(34-19-11-7-12-20-34)28-40-41-29-38(35-21-13-8-14-22-35)31-44(56(50,4)5)52(41)58(54)51(40)43/h6-31H,1H2,2-5H3. The molecule has 2 aliphatic rings. The van der Waals surface area contributed by atoms with Gasteiger partial charge in [-0.3, -0.25) is 0 Å². The summed E-state index contributed by atoms with van der Waals surface area (Å²) >= 11 is 0. The molecule has 0 radical (unpaired) electrons. The Hall–Kier alpha value is -6.90. The van der Waals surface area contributed by atoms with Gasteiger partial charge in [-0.25, -0.2) is 0 Å². The van der Waals surface area contributed by atoms with Gasteiger partial charge in [-0.1, -0.05) is 150 Å². The third-order valence-electron chi connectivity index (χ3n) is 14.0. The summed E-state index contributed by atoms with van der Waals surface area (Å²) in [6.45, 7) is 14.9. The SMILES string of the molecule is C=c1c2ccccc2n2c3ccc(-c4ccccc4)cc3c3c4c5c(c1c32)C(C)(C)c1cc(-c2ccccc2)cc2c3cc(-c6ccccc6)cc(c3n-5c12)C4(C)C. The van der Waals surface area contributed by atoms with Gasteiger partial charge in [-0.15, -0.1) is 0 Å². The molecule has 3 aromatic heterocycles. The number of fused-ring (bicyclic) bond motifs is 8. The maximum absolute atomic E-state index is 5.01. The van der Waals surface area contributed by atoms with Crippen molar-refractivity contribution < 1.29 is 0 Å². The molecule has 0 bridgehead atoms. The molecule has 2 aliphatic heterocycles. The molecule has 0 amide bonds. The highest BCUT2D eigenvalue weighted by molar-refractivity contribution is 6.25. The Morgan fingerprint density at radius 2 is 0.862 bits per heavy atom. The predicted molar refractivity (Wildman–Crippen MR) is 246 cm³/mol. The van der Waals surface area contributed by atoms with Gasteiger partial charge in [0.1, 0.15) is 0 Å². The summed E-state index contributed by atoms with van der Waals surface area (Å²) in [6.07, 6.45) is 0.